The molecule has 0 saturated heterocycles. The lowest BCUT2D eigenvalue weighted by Gasteiger charge is -2.19. The van der Waals surface area contributed by atoms with Gasteiger partial charge in [-0.1, -0.05) is 17.7 Å². The average Bonchev–Trinajstić information content (AvgIpc) is 3.61. The minimum atomic E-state index is -3.77. The number of aromatic amines is 1. The highest BCUT2D eigenvalue weighted by Crippen LogP contribution is 2.20. The Balaban J connectivity index is 0.000000230. The van der Waals surface area contributed by atoms with Gasteiger partial charge in [-0.3, -0.25) is 0 Å². The molecule has 244 valence electrons. The van der Waals surface area contributed by atoms with Gasteiger partial charge in [-0.15, -0.1) is 0 Å². The summed E-state index contributed by atoms with van der Waals surface area (Å²) in [5.74, 6) is 0. The van der Waals surface area contributed by atoms with E-state index >= 15 is 0 Å². The lowest BCUT2D eigenvalue weighted by atomic mass is 10.2. The summed E-state index contributed by atoms with van der Waals surface area (Å²) in [7, 11) is -3.77. The summed E-state index contributed by atoms with van der Waals surface area (Å²) in [6.07, 6.45) is 5.23. The summed E-state index contributed by atoms with van der Waals surface area (Å²) in [6, 6.07) is 10.0. The first-order chi connectivity index (χ1) is 21.5. The van der Waals surface area contributed by atoms with E-state index < -0.39 is 33.4 Å². The fourth-order valence-electron chi connectivity index (χ4n) is 3.94. The van der Waals surface area contributed by atoms with Gasteiger partial charge in [0.1, 0.15) is 22.2 Å². The van der Waals surface area contributed by atoms with Crippen LogP contribution in [0.4, 0.5) is 9.59 Å². The van der Waals surface area contributed by atoms with Crippen LogP contribution < -0.4 is 10.6 Å². The maximum absolute atomic E-state index is 12.9. The van der Waals surface area contributed by atoms with E-state index in [1.807, 2.05) is 33.8 Å². The van der Waals surface area contributed by atoms with E-state index in [0.29, 0.717) is 23.4 Å². The normalized spacial score (nSPS) is 11.9. The molecule has 0 fully saturated rings. The first-order valence-corrected chi connectivity index (χ1v) is 15.8. The number of amides is 2. The molecule has 0 aliphatic heterocycles. The minimum absolute atomic E-state index is 0.119. The van der Waals surface area contributed by atoms with Crippen molar-refractivity contribution < 1.29 is 27.5 Å². The highest BCUT2D eigenvalue weighted by Gasteiger charge is 2.21. The highest BCUT2D eigenvalue weighted by molar-refractivity contribution is 7.90. The van der Waals surface area contributed by atoms with Gasteiger partial charge in [0.25, 0.3) is 10.0 Å². The van der Waals surface area contributed by atoms with Gasteiger partial charge in [-0.2, -0.15) is 0 Å². The van der Waals surface area contributed by atoms with Gasteiger partial charge < -0.3 is 25.1 Å². The van der Waals surface area contributed by atoms with Crippen LogP contribution in [-0.2, 0) is 32.6 Å². The molecule has 5 rings (SSSR count). The van der Waals surface area contributed by atoms with Crippen molar-refractivity contribution in [3.05, 3.63) is 78.1 Å². The SMILES string of the molecule is CC(C)(C)OC(=O)NCc1cnc2[nH]ccc2n1.Cc1ccc(S(=O)(=O)n2ccc3nc(CNC(=O)OC(C)(C)C)cnc32)cc1. The molecule has 0 aliphatic rings. The van der Waals surface area contributed by atoms with E-state index in [1.54, 1.807) is 63.5 Å². The van der Waals surface area contributed by atoms with Crippen LogP contribution in [-0.4, -0.2) is 60.7 Å². The van der Waals surface area contributed by atoms with Crippen LogP contribution in [0.5, 0.6) is 0 Å². The Morgan fingerprint density at radius 3 is 1.91 bits per heavy atom. The van der Waals surface area contributed by atoms with Crippen LogP contribution in [0.1, 0.15) is 58.5 Å². The van der Waals surface area contributed by atoms with E-state index in [9.17, 15) is 18.0 Å². The summed E-state index contributed by atoms with van der Waals surface area (Å²) in [5.41, 5.74) is 3.20. The molecule has 14 nitrogen and oxygen atoms in total. The van der Waals surface area contributed by atoms with Gasteiger partial charge in [0, 0.05) is 12.4 Å². The molecule has 0 aliphatic carbocycles. The molecule has 15 heteroatoms. The Morgan fingerprint density at radius 1 is 0.804 bits per heavy atom. The molecule has 46 heavy (non-hydrogen) atoms. The number of nitrogens with zero attached hydrogens (tertiary/aromatic N) is 5. The number of aromatic nitrogens is 6. The molecule has 0 saturated carbocycles. The molecule has 0 bridgehead atoms. The van der Waals surface area contributed by atoms with Crippen LogP contribution in [0, 0.1) is 6.92 Å². The number of alkyl carbamates (subject to hydrolysis) is 2. The number of rotatable bonds is 6. The number of carbonyl (C=O) groups excluding carboxylic acids is 2. The molecule has 4 heterocycles. The van der Waals surface area contributed by atoms with E-state index in [2.05, 4.69) is 35.6 Å². The Kier molecular flexibility index (Phi) is 9.95. The summed E-state index contributed by atoms with van der Waals surface area (Å²) in [6.45, 7) is 13.1. The number of nitrogens with one attached hydrogen (secondary N) is 3. The highest BCUT2D eigenvalue weighted by atomic mass is 32.2. The Morgan fingerprint density at radius 2 is 1.35 bits per heavy atom. The lowest BCUT2D eigenvalue weighted by molar-refractivity contribution is 0.0511. The maximum atomic E-state index is 12.9. The number of H-pyrrole nitrogens is 1. The molecule has 1 aromatic carbocycles. The second kappa shape index (κ2) is 13.5. The first kappa shape index (κ1) is 33.8. The van der Waals surface area contributed by atoms with Crippen LogP contribution in [0.2, 0.25) is 0 Å². The van der Waals surface area contributed by atoms with Crippen molar-refractivity contribution in [2.45, 2.75) is 77.7 Å². The van der Waals surface area contributed by atoms with E-state index in [-0.39, 0.29) is 17.1 Å². The third kappa shape index (κ3) is 9.23. The number of hydrogen-bond donors (Lipinski definition) is 3. The third-order valence-electron chi connectivity index (χ3n) is 5.92. The van der Waals surface area contributed by atoms with E-state index in [0.717, 1.165) is 20.7 Å². The van der Waals surface area contributed by atoms with Crippen LogP contribution in [0.3, 0.4) is 0 Å². The first-order valence-electron chi connectivity index (χ1n) is 14.4. The monoisotopic (exact) mass is 650 g/mol. The molecule has 0 atom stereocenters. The zero-order valence-electron chi connectivity index (χ0n) is 26.8. The second-order valence-electron chi connectivity index (χ2n) is 12.3. The predicted molar refractivity (Wildman–Crippen MR) is 171 cm³/mol. The fraction of sp³-hybridized carbons (Fsp3) is 0.355. The summed E-state index contributed by atoms with van der Waals surface area (Å²) in [4.78, 5) is 43.5. The fourth-order valence-corrected chi connectivity index (χ4v) is 5.23. The van der Waals surface area contributed by atoms with Crippen molar-refractivity contribution in [2.75, 3.05) is 0 Å². The van der Waals surface area contributed by atoms with Gasteiger partial charge in [0.2, 0.25) is 0 Å². The van der Waals surface area contributed by atoms with Gasteiger partial charge in [0.15, 0.2) is 11.3 Å². The number of carbonyl (C=O) groups is 2. The number of hydrogen-bond acceptors (Lipinski definition) is 10. The quantitative estimate of drug-likeness (QED) is 0.226. The number of fused-ring (bicyclic) bond motifs is 2. The molecule has 4 aromatic heterocycles. The summed E-state index contributed by atoms with van der Waals surface area (Å²) in [5, 5.41) is 5.24. The molecule has 0 unspecified atom stereocenters. The van der Waals surface area contributed by atoms with Crippen molar-refractivity contribution in [1.82, 2.24) is 39.5 Å². The average molecular weight is 651 g/mol. The van der Waals surface area contributed by atoms with Gasteiger partial charge in [0.05, 0.1) is 41.8 Å². The van der Waals surface area contributed by atoms with Gasteiger partial charge in [-0.05, 0) is 72.7 Å². The Labute approximate surface area is 267 Å². The number of ether oxygens (including phenoxy) is 2. The van der Waals surface area contributed by atoms with E-state index in [4.69, 9.17) is 9.47 Å². The smallest absolute Gasteiger partial charge is 0.407 e. The molecule has 3 N–H and O–H groups in total. The molecule has 5 aromatic rings. The number of benzene rings is 1. The van der Waals surface area contributed by atoms with Crippen molar-refractivity contribution in [1.29, 1.82) is 0 Å². The second-order valence-corrected chi connectivity index (χ2v) is 14.1. The van der Waals surface area contributed by atoms with Crippen molar-refractivity contribution in [3.8, 4) is 0 Å². The lowest BCUT2D eigenvalue weighted by Crippen LogP contribution is -2.32. The third-order valence-corrected chi connectivity index (χ3v) is 7.60. The van der Waals surface area contributed by atoms with Crippen LogP contribution >= 0.6 is 0 Å². The minimum Gasteiger partial charge on any atom is -0.444 e. The van der Waals surface area contributed by atoms with Crippen molar-refractivity contribution >= 4 is 44.5 Å². The summed E-state index contributed by atoms with van der Waals surface area (Å²) >= 11 is 0. The predicted octanol–water partition coefficient (Wildman–Crippen LogP) is 4.98. The van der Waals surface area contributed by atoms with Crippen molar-refractivity contribution in [2.24, 2.45) is 0 Å². The largest absolute Gasteiger partial charge is 0.444 e. The van der Waals surface area contributed by atoms with Gasteiger partial charge >= 0.3 is 12.2 Å². The topological polar surface area (TPSA) is 183 Å². The molecule has 2 amide bonds. The zero-order chi connectivity index (χ0) is 33.7. The zero-order valence-corrected chi connectivity index (χ0v) is 27.6. The Hall–Kier alpha value is -5.05. The maximum Gasteiger partial charge on any atom is 0.407 e. The Bertz CT molecular complexity index is 1940. The van der Waals surface area contributed by atoms with Crippen LogP contribution in [0.15, 0.2) is 66.1 Å². The molecular formula is C31H38N8O6S. The number of aryl methyl sites for hydroxylation is 1. The standard InChI is InChI=1S/C19H22N4O4S.C12H16N4O2/c1-13-5-7-15(8-6-13)28(25,26)23-10-9-16-17(23)20-11-14(22-16)12-21-18(24)27-19(2,3)4;1-12(2,3)18-11(17)15-7-8-6-14-10-9(16-8)4-5-13-10/h5-11H,12H2,1-4H3,(H,21,24);4-6H,7H2,1-3H3,(H,13,14)(H,15,17). The molecule has 0 spiro atoms. The van der Waals surface area contributed by atoms with Crippen LogP contribution in [0.25, 0.3) is 22.3 Å². The van der Waals surface area contributed by atoms with Crippen molar-refractivity contribution in [3.63, 3.8) is 0 Å². The van der Waals surface area contributed by atoms with Gasteiger partial charge in [-0.25, -0.2) is 41.9 Å². The molecular weight excluding hydrogens is 612 g/mol. The molecule has 0 radical (unpaired) electrons. The van der Waals surface area contributed by atoms with E-state index in [1.165, 1.54) is 12.4 Å². The summed E-state index contributed by atoms with van der Waals surface area (Å²) < 4.78 is 37.2.